The highest BCUT2D eigenvalue weighted by Crippen LogP contribution is 2.33. The van der Waals surface area contributed by atoms with Crippen molar-refractivity contribution in [3.05, 3.63) is 30.3 Å². The first-order chi connectivity index (χ1) is 7.42. The minimum Gasteiger partial charge on any atom is -0.300 e. The van der Waals surface area contributed by atoms with Crippen LogP contribution in [0, 0.1) is 0 Å². The number of para-hydroxylation sites is 1. The van der Waals surface area contributed by atoms with E-state index >= 15 is 0 Å². The molecule has 0 bridgehead atoms. The largest absolute Gasteiger partial charge is 0.300 e. The molecule has 82 valence electrons. The molecular formula is C12H16ClNS. The van der Waals surface area contributed by atoms with Crippen LogP contribution in [0.15, 0.2) is 30.3 Å². The SMILES string of the molecule is ClSN(c1ccccc1)C1CCCCC1. The van der Waals surface area contributed by atoms with Crippen LogP contribution < -0.4 is 4.31 Å². The number of benzene rings is 1. The Morgan fingerprint density at radius 3 is 2.33 bits per heavy atom. The van der Waals surface area contributed by atoms with E-state index in [2.05, 4.69) is 28.6 Å². The molecule has 1 aromatic carbocycles. The number of rotatable bonds is 3. The number of halogens is 1. The van der Waals surface area contributed by atoms with Gasteiger partial charge in [-0.3, -0.25) is 0 Å². The van der Waals surface area contributed by atoms with Gasteiger partial charge in [-0.25, -0.2) is 0 Å². The topological polar surface area (TPSA) is 3.24 Å². The predicted molar refractivity (Wildman–Crippen MR) is 69.2 cm³/mol. The molecular weight excluding hydrogens is 226 g/mol. The van der Waals surface area contributed by atoms with Gasteiger partial charge in [0.1, 0.15) is 0 Å². The molecule has 15 heavy (non-hydrogen) atoms. The first-order valence-corrected chi connectivity index (χ1v) is 7.15. The number of hydrogen-bond donors (Lipinski definition) is 0. The van der Waals surface area contributed by atoms with Gasteiger partial charge in [-0.15, -0.1) is 0 Å². The van der Waals surface area contributed by atoms with Crippen molar-refractivity contribution in [1.29, 1.82) is 0 Å². The van der Waals surface area contributed by atoms with E-state index in [1.165, 1.54) is 49.0 Å². The van der Waals surface area contributed by atoms with Gasteiger partial charge in [-0.1, -0.05) is 37.5 Å². The lowest BCUT2D eigenvalue weighted by Crippen LogP contribution is -2.30. The first kappa shape index (κ1) is 11.2. The second kappa shape index (κ2) is 5.66. The van der Waals surface area contributed by atoms with E-state index in [9.17, 15) is 0 Å². The van der Waals surface area contributed by atoms with Crippen LogP contribution in [0.25, 0.3) is 0 Å². The second-order valence-electron chi connectivity index (χ2n) is 4.02. The summed E-state index contributed by atoms with van der Waals surface area (Å²) < 4.78 is 2.25. The van der Waals surface area contributed by atoms with E-state index in [1.54, 1.807) is 0 Å². The third kappa shape index (κ3) is 2.82. The molecule has 0 unspecified atom stereocenters. The molecule has 1 saturated carbocycles. The average molecular weight is 242 g/mol. The summed E-state index contributed by atoms with van der Waals surface area (Å²) in [5, 5.41) is 0. The minimum absolute atomic E-state index is 0.614. The summed E-state index contributed by atoms with van der Waals surface area (Å²) in [6, 6.07) is 11.1. The molecule has 2 rings (SSSR count). The number of anilines is 1. The van der Waals surface area contributed by atoms with E-state index in [4.69, 9.17) is 10.7 Å². The summed E-state index contributed by atoms with van der Waals surface area (Å²) in [5.41, 5.74) is 1.23. The highest BCUT2D eigenvalue weighted by atomic mass is 35.7. The summed E-state index contributed by atoms with van der Waals surface area (Å²) in [5.74, 6) is 0. The normalized spacial score (nSPS) is 17.7. The van der Waals surface area contributed by atoms with Gasteiger partial charge in [-0.2, -0.15) is 0 Å². The minimum atomic E-state index is 0.614. The van der Waals surface area contributed by atoms with Crippen LogP contribution in [0.5, 0.6) is 0 Å². The van der Waals surface area contributed by atoms with Crippen molar-refractivity contribution in [3.63, 3.8) is 0 Å². The molecule has 1 nitrogen and oxygen atoms in total. The molecule has 1 aliphatic rings. The zero-order valence-corrected chi connectivity index (χ0v) is 10.3. The summed E-state index contributed by atoms with van der Waals surface area (Å²) in [6.07, 6.45) is 6.60. The first-order valence-electron chi connectivity index (χ1n) is 5.55. The molecule has 0 spiro atoms. The van der Waals surface area contributed by atoms with Crippen molar-refractivity contribution in [2.24, 2.45) is 0 Å². The Hall–Kier alpha value is -0.340. The Bertz CT molecular complexity index is 285. The Morgan fingerprint density at radius 1 is 1.07 bits per heavy atom. The maximum atomic E-state index is 5.98. The summed E-state index contributed by atoms with van der Waals surface area (Å²) >= 11 is 1.34. The van der Waals surface area contributed by atoms with Crippen molar-refractivity contribution >= 4 is 27.5 Å². The quantitative estimate of drug-likeness (QED) is 0.710. The fourth-order valence-electron chi connectivity index (χ4n) is 2.20. The summed E-state index contributed by atoms with van der Waals surface area (Å²) in [7, 11) is 5.98. The standard InChI is InChI=1S/C12H16ClNS/c13-15-14(11-7-3-1-4-8-11)12-9-5-2-6-10-12/h1,3-4,7-8,12H,2,5-6,9-10H2. The van der Waals surface area contributed by atoms with Gasteiger partial charge in [0.2, 0.25) is 0 Å². The smallest absolute Gasteiger partial charge is 0.0613 e. The molecule has 0 N–H and O–H groups in total. The highest BCUT2D eigenvalue weighted by Gasteiger charge is 2.21. The van der Waals surface area contributed by atoms with Crippen LogP contribution in [0.4, 0.5) is 5.69 Å². The molecule has 0 aromatic heterocycles. The molecule has 0 aliphatic heterocycles. The molecule has 0 radical (unpaired) electrons. The summed E-state index contributed by atoms with van der Waals surface area (Å²) in [6.45, 7) is 0. The Balaban J connectivity index is 2.09. The van der Waals surface area contributed by atoms with Crippen molar-refractivity contribution in [2.45, 2.75) is 38.1 Å². The molecule has 0 saturated heterocycles. The van der Waals surface area contributed by atoms with Crippen molar-refractivity contribution in [3.8, 4) is 0 Å². The lowest BCUT2D eigenvalue weighted by molar-refractivity contribution is 0.447. The fourth-order valence-corrected chi connectivity index (χ4v) is 3.30. The Labute approximate surface area is 100 Å². The molecule has 0 atom stereocenters. The number of hydrogen-bond acceptors (Lipinski definition) is 2. The maximum Gasteiger partial charge on any atom is 0.0613 e. The van der Waals surface area contributed by atoms with Gasteiger partial charge < -0.3 is 4.31 Å². The van der Waals surface area contributed by atoms with Crippen LogP contribution in [0.1, 0.15) is 32.1 Å². The van der Waals surface area contributed by atoms with E-state index in [-0.39, 0.29) is 0 Å². The molecule has 1 aliphatic carbocycles. The Morgan fingerprint density at radius 2 is 1.73 bits per heavy atom. The zero-order chi connectivity index (χ0) is 10.5. The predicted octanol–water partition coefficient (Wildman–Crippen LogP) is 4.63. The third-order valence-corrected chi connectivity index (χ3v) is 4.10. The molecule has 3 heteroatoms. The van der Waals surface area contributed by atoms with E-state index < -0.39 is 0 Å². The van der Waals surface area contributed by atoms with Gasteiger partial charge in [-0.05, 0) is 35.7 Å². The fraction of sp³-hybridized carbons (Fsp3) is 0.500. The van der Waals surface area contributed by atoms with Gasteiger partial charge in [0.25, 0.3) is 0 Å². The van der Waals surface area contributed by atoms with E-state index in [1.807, 2.05) is 6.07 Å². The van der Waals surface area contributed by atoms with E-state index in [0.29, 0.717) is 6.04 Å². The highest BCUT2D eigenvalue weighted by molar-refractivity contribution is 8.22. The van der Waals surface area contributed by atoms with Gasteiger partial charge in [0.15, 0.2) is 0 Å². The van der Waals surface area contributed by atoms with Crippen LogP contribution in [0.2, 0.25) is 0 Å². The third-order valence-electron chi connectivity index (χ3n) is 2.99. The maximum absolute atomic E-state index is 5.98. The molecule has 0 heterocycles. The van der Waals surface area contributed by atoms with Crippen molar-refractivity contribution in [2.75, 3.05) is 4.31 Å². The second-order valence-corrected chi connectivity index (χ2v) is 4.97. The zero-order valence-electron chi connectivity index (χ0n) is 8.73. The van der Waals surface area contributed by atoms with E-state index in [0.717, 1.165) is 0 Å². The van der Waals surface area contributed by atoms with Crippen LogP contribution in [-0.2, 0) is 0 Å². The van der Waals surface area contributed by atoms with Crippen molar-refractivity contribution < 1.29 is 0 Å². The van der Waals surface area contributed by atoms with Gasteiger partial charge in [0, 0.05) is 11.7 Å². The molecule has 1 aromatic rings. The van der Waals surface area contributed by atoms with Crippen molar-refractivity contribution in [1.82, 2.24) is 0 Å². The Kier molecular flexibility index (Phi) is 4.21. The van der Waals surface area contributed by atoms with Crippen LogP contribution >= 0.6 is 21.8 Å². The summed E-state index contributed by atoms with van der Waals surface area (Å²) in [4.78, 5) is 0. The number of nitrogens with zero attached hydrogens (tertiary/aromatic N) is 1. The average Bonchev–Trinajstić information content (AvgIpc) is 2.33. The lowest BCUT2D eigenvalue weighted by atomic mass is 9.95. The van der Waals surface area contributed by atoms with Gasteiger partial charge >= 0.3 is 0 Å². The lowest BCUT2D eigenvalue weighted by Gasteiger charge is -2.32. The monoisotopic (exact) mass is 241 g/mol. The van der Waals surface area contributed by atoms with Crippen LogP contribution in [-0.4, -0.2) is 6.04 Å². The molecule has 1 fully saturated rings. The van der Waals surface area contributed by atoms with Crippen LogP contribution in [0.3, 0.4) is 0 Å². The molecule has 0 amide bonds. The van der Waals surface area contributed by atoms with Gasteiger partial charge in [0.05, 0.1) is 11.2 Å².